The first-order valence-corrected chi connectivity index (χ1v) is 6.56. The van der Waals surface area contributed by atoms with Crippen LogP contribution in [0.4, 0.5) is 0 Å². The summed E-state index contributed by atoms with van der Waals surface area (Å²) in [4.78, 5) is 25.3. The Morgan fingerprint density at radius 1 is 1.45 bits per heavy atom. The first-order chi connectivity index (χ1) is 9.69. The van der Waals surface area contributed by atoms with Crippen LogP contribution in [0.5, 0.6) is 0 Å². The zero-order valence-electron chi connectivity index (χ0n) is 10.7. The molecule has 0 saturated carbocycles. The average molecular weight is 280 g/mol. The van der Waals surface area contributed by atoms with E-state index in [0.717, 1.165) is 6.42 Å². The molecule has 1 saturated heterocycles. The molecule has 0 aliphatic carbocycles. The van der Waals surface area contributed by atoms with Gasteiger partial charge in [0.15, 0.2) is 11.2 Å². The van der Waals surface area contributed by atoms with E-state index in [1.54, 1.807) is 0 Å². The van der Waals surface area contributed by atoms with Gasteiger partial charge in [-0.25, -0.2) is 9.97 Å². The van der Waals surface area contributed by atoms with Crippen molar-refractivity contribution in [1.29, 1.82) is 0 Å². The molecule has 0 radical (unpaired) electrons. The summed E-state index contributed by atoms with van der Waals surface area (Å²) in [5.41, 5.74) is 0.343. The molecule has 3 rings (SSSR count). The van der Waals surface area contributed by atoms with Gasteiger partial charge in [0.1, 0.15) is 18.0 Å². The number of aromatic amines is 2. The number of aliphatic hydroxyl groups is 2. The van der Waals surface area contributed by atoms with Crippen LogP contribution in [-0.4, -0.2) is 49.0 Å². The fourth-order valence-electron chi connectivity index (χ4n) is 2.44. The molecule has 2 aromatic rings. The molecule has 2 aromatic heterocycles. The maximum absolute atomic E-state index is 11.6. The minimum atomic E-state index is -0.684. The number of nitrogens with zero attached hydrogens (tertiary/aromatic N) is 2. The minimum absolute atomic E-state index is 0.253. The van der Waals surface area contributed by atoms with Crippen LogP contribution in [-0.2, 0) is 4.74 Å². The van der Waals surface area contributed by atoms with Gasteiger partial charge in [-0.05, 0) is 19.3 Å². The van der Waals surface area contributed by atoms with Gasteiger partial charge in [0.2, 0.25) is 0 Å². The van der Waals surface area contributed by atoms with Crippen molar-refractivity contribution in [2.24, 2.45) is 0 Å². The van der Waals surface area contributed by atoms with E-state index in [-0.39, 0.29) is 12.2 Å². The third kappa shape index (κ3) is 2.33. The van der Waals surface area contributed by atoms with Crippen LogP contribution >= 0.6 is 0 Å². The fourth-order valence-corrected chi connectivity index (χ4v) is 2.44. The summed E-state index contributed by atoms with van der Waals surface area (Å²) in [5.74, 6) is 0.497. The second-order valence-corrected chi connectivity index (χ2v) is 4.90. The Kier molecular flexibility index (Phi) is 3.51. The van der Waals surface area contributed by atoms with Gasteiger partial charge >= 0.3 is 0 Å². The van der Waals surface area contributed by atoms with Crippen molar-refractivity contribution < 1.29 is 14.9 Å². The summed E-state index contributed by atoms with van der Waals surface area (Å²) >= 11 is 0. The quantitative estimate of drug-likeness (QED) is 0.594. The van der Waals surface area contributed by atoms with Gasteiger partial charge in [-0.2, -0.15) is 0 Å². The first kappa shape index (κ1) is 13.2. The van der Waals surface area contributed by atoms with Crippen LogP contribution in [0.3, 0.4) is 0 Å². The number of nitrogens with one attached hydrogen (secondary N) is 2. The summed E-state index contributed by atoms with van der Waals surface area (Å²) in [6.07, 6.45) is 1.56. The topological polar surface area (TPSA) is 124 Å². The highest BCUT2D eigenvalue weighted by Gasteiger charge is 2.29. The molecular weight excluding hydrogens is 264 g/mol. The number of aromatic nitrogens is 4. The highest BCUT2D eigenvalue weighted by Crippen LogP contribution is 2.29. The van der Waals surface area contributed by atoms with E-state index in [1.807, 2.05) is 0 Å². The number of hydrogen-bond donors (Lipinski definition) is 4. The van der Waals surface area contributed by atoms with Gasteiger partial charge in [-0.3, -0.25) is 4.79 Å². The van der Waals surface area contributed by atoms with Gasteiger partial charge in [0.05, 0.1) is 19.0 Å². The molecule has 0 spiro atoms. The van der Waals surface area contributed by atoms with E-state index in [1.165, 1.54) is 6.33 Å². The van der Waals surface area contributed by atoms with Crippen molar-refractivity contribution in [3.05, 3.63) is 22.5 Å². The van der Waals surface area contributed by atoms with E-state index in [4.69, 9.17) is 4.74 Å². The van der Waals surface area contributed by atoms with Crippen LogP contribution in [0.1, 0.15) is 31.2 Å². The third-order valence-corrected chi connectivity index (χ3v) is 3.53. The third-order valence-electron chi connectivity index (χ3n) is 3.53. The Morgan fingerprint density at radius 3 is 3.05 bits per heavy atom. The molecule has 3 heterocycles. The molecule has 0 bridgehead atoms. The van der Waals surface area contributed by atoms with E-state index in [0.29, 0.717) is 29.8 Å². The van der Waals surface area contributed by atoms with Gasteiger partial charge in [0.25, 0.3) is 5.56 Å². The van der Waals surface area contributed by atoms with Gasteiger partial charge in [-0.15, -0.1) is 0 Å². The van der Waals surface area contributed by atoms with E-state index < -0.39 is 18.3 Å². The predicted octanol–water partition coefficient (Wildman–Crippen LogP) is -0.390. The lowest BCUT2D eigenvalue weighted by Gasteiger charge is -2.21. The number of ether oxygens (including phenoxy) is 1. The van der Waals surface area contributed by atoms with E-state index in [2.05, 4.69) is 19.9 Å². The molecule has 1 aliphatic rings. The fraction of sp³-hybridized carbons (Fsp3) is 0.583. The monoisotopic (exact) mass is 280 g/mol. The predicted molar refractivity (Wildman–Crippen MR) is 69.1 cm³/mol. The van der Waals surface area contributed by atoms with Crippen molar-refractivity contribution >= 4 is 11.2 Å². The Balaban J connectivity index is 1.93. The van der Waals surface area contributed by atoms with Crippen molar-refractivity contribution in [2.45, 2.75) is 37.6 Å². The first-order valence-electron chi connectivity index (χ1n) is 6.56. The number of rotatable bonds is 2. The molecule has 8 nitrogen and oxygen atoms in total. The van der Waals surface area contributed by atoms with Crippen molar-refractivity contribution in [3.8, 4) is 0 Å². The number of imidazole rings is 1. The summed E-state index contributed by atoms with van der Waals surface area (Å²) in [6.45, 7) is -0.253. The lowest BCUT2D eigenvalue weighted by atomic mass is 10.1. The van der Waals surface area contributed by atoms with Crippen LogP contribution < -0.4 is 5.56 Å². The molecule has 0 amide bonds. The van der Waals surface area contributed by atoms with Crippen LogP contribution in [0.15, 0.2) is 11.1 Å². The standard InChI is InChI=1S/C12H16N4O4/c17-4-8-6(18)2-1-3-7(20-8)10-15-9-11(16-10)13-5-14-12(9)19/h5-8,17-18H,1-4H2,(H2,13,14,15,16,19)/t6-,7+,8+/m0/s1. The van der Waals surface area contributed by atoms with Gasteiger partial charge in [0, 0.05) is 0 Å². The molecule has 0 unspecified atom stereocenters. The molecule has 3 atom stereocenters. The summed E-state index contributed by atoms with van der Waals surface area (Å²) in [6, 6.07) is 0. The SMILES string of the molecule is O=c1[nH]cnc2nc([C@H]3CCC[C@H](O)[C@@H](CO)O3)[nH]c12. The number of aliphatic hydroxyl groups excluding tert-OH is 2. The summed E-state index contributed by atoms with van der Waals surface area (Å²) < 4.78 is 5.69. The molecule has 8 heteroatoms. The summed E-state index contributed by atoms with van der Waals surface area (Å²) in [7, 11) is 0. The maximum atomic E-state index is 11.6. The normalized spacial score (nSPS) is 27.6. The highest BCUT2D eigenvalue weighted by molar-refractivity contribution is 5.68. The second-order valence-electron chi connectivity index (χ2n) is 4.90. The molecule has 108 valence electrons. The summed E-state index contributed by atoms with van der Waals surface area (Å²) in [5, 5.41) is 19.1. The molecule has 4 N–H and O–H groups in total. The minimum Gasteiger partial charge on any atom is -0.394 e. The smallest absolute Gasteiger partial charge is 0.276 e. The number of hydrogen-bond acceptors (Lipinski definition) is 6. The van der Waals surface area contributed by atoms with Gasteiger partial charge < -0.3 is 24.9 Å². The Hall–Kier alpha value is -1.77. The molecule has 1 fully saturated rings. The van der Waals surface area contributed by atoms with Crippen LogP contribution in [0.2, 0.25) is 0 Å². The van der Waals surface area contributed by atoms with Gasteiger partial charge in [-0.1, -0.05) is 0 Å². The van der Waals surface area contributed by atoms with Crippen LogP contribution in [0.25, 0.3) is 11.2 Å². The average Bonchev–Trinajstić information content (AvgIpc) is 2.79. The largest absolute Gasteiger partial charge is 0.394 e. The van der Waals surface area contributed by atoms with Crippen molar-refractivity contribution in [3.63, 3.8) is 0 Å². The van der Waals surface area contributed by atoms with Crippen molar-refractivity contribution in [1.82, 2.24) is 19.9 Å². The molecule has 0 aromatic carbocycles. The van der Waals surface area contributed by atoms with Crippen molar-refractivity contribution in [2.75, 3.05) is 6.61 Å². The number of H-pyrrole nitrogens is 2. The zero-order chi connectivity index (χ0) is 14.1. The molecule has 20 heavy (non-hydrogen) atoms. The molecule has 1 aliphatic heterocycles. The molecular formula is C12H16N4O4. The lowest BCUT2D eigenvalue weighted by molar-refractivity contribution is -0.0902. The second kappa shape index (κ2) is 5.31. The zero-order valence-corrected chi connectivity index (χ0v) is 10.7. The Bertz CT molecular complexity index is 652. The van der Waals surface area contributed by atoms with E-state index in [9.17, 15) is 15.0 Å². The van der Waals surface area contributed by atoms with Crippen LogP contribution in [0, 0.1) is 0 Å². The number of fused-ring (bicyclic) bond motifs is 1. The highest BCUT2D eigenvalue weighted by atomic mass is 16.5. The van der Waals surface area contributed by atoms with E-state index >= 15 is 0 Å². The Morgan fingerprint density at radius 2 is 2.30 bits per heavy atom. The Labute approximate surface area is 113 Å². The lowest BCUT2D eigenvalue weighted by Crippen LogP contribution is -2.31. The maximum Gasteiger partial charge on any atom is 0.276 e.